The Morgan fingerprint density at radius 3 is 2.62 bits per heavy atom. The van der Waals surface area contributed by atoms with E-state index in [0.717, 1.165) is 14.7 Å². The number of nitrogens with one attached hydrogen (secondary N) is 1. The van der Waals surface area contributed by atoms with Crippen molar-refractivity contribution >= 4 is 34.2 Å². The van der Waals surface area contributed by atoms with Crippen molar-refractivity contribution in [2.24, 2.45) is 7.05 Å². The Kier molecular flexibility index (Phi) is 4.55. The summed E-state index contributed by atoms with van der Waals surface area (Å²) >= 11 is 2.09. The average Bonchev–Trinajstić information content (AvgIpc) is 2.71. The summed E-state index contributed by atoms with van der Waals surface area (Å²) in [7, 11) is 1.74. The first kappa shape index (κ1) is 15.8. The molecule has 1 heterocycles. The quantitative estimate of drug-likeness (QED) is 0.614. The van der Waals surface area contributed by atoms with Crippen LogP contribution in [0.25, 0.3) is 0 Å². The topological polar surface area (TPSA) is 67.2 Å². The number of rotatable bonds is 3. The number of aromatic nitrogens is 2. The molecule has 6 heteroatoms. The number of nitrogens with zero attached hydrogens (tertiary/aromatic N) is 2. The number of phenolic OH excluding ortho intramolecular Hbond substituents is 1. The first-order valence-corrected chi connectivity index (χ1v) is 7.71. The first-order chi connectivity index (χ1) is 9.81. The van der Waals surface area contributed by atoms with Crippen molar-refractivity contribution in [1.82, 2.24) is 9.78 Å². The highest BCUT2D eigenvalue weighted by molar-refractivity contribution is 14.1. The van der Waals surface area contributed by atoms with E-state index in [4.69, 9.17) is 0 Å². The Balaban J connectivity index is 2.36. The van der Waals surface area contributed by atoms with E-state index in [1.54, 1.807) is 24.0 Å². The minimum absolute atomic E-state index is 0.179. The molecule has 2 rings (SSSR count). The SMILES string of the molecule is Cc1cc(O)c(C(C)C)cc1NC(=O)c1c(I)cnn1C. The van der Waals surface area contributed by atoms with Crippen LogP contribution in [-0.2, 0) is 7.05 Å². The lowest BCUT2D eigenvalue weighted by atomic mass is 9.99. The van der Waals surface area contributed by atoms with Crippen LogP contribution in [0.3, 0.4) is 0 Å². The molecule has 1 aromatic heterocycles. The van der Waals surface area contributed by atoms with Gasteiger partial charge in [-0.05, 0) is 58.7 Å². The van der Waals surface area contributed by atoms with Crippen LogP contribution in [0.15, 0.2) is 18.3 Å². The van der Waals surface area contributed by atoms with E-state index in [2.05, 4.69) is 33.0 Å². The predicted octanol–water partition coefficient (Wildman–Crippen LogP) is 3.41. The van der Waals surface area contributed by atoms with Gasteiger partial charge in [0, 0.05) is 12.7 Å². The highest BCUT2D eigenvalue weighted by Crippen LogP contribution is 2.31. The molecule has 0 atom stereocenters. The van der Waals surface area contributed by atoms with E-state index in [1.165, 1.54) is 0 Å². The average molecular weight is 399 g/mol. The second-order valence-corrected chi connectivity index (χ2v) is 6.46. The molecule has 0 aliphatic rings. The van der Waals surface area contributed by atoms with E-state index in [9.17, 15) is 9.90 Å². The summed E-state index contributed by atoms with van der Waals surface area (Å²) in [6.07, 6.45) is 1.65. The fraction of sp³-hybridized carbons (Fsp3) is 0.333. The van der Waals surface area contributed by atoms with Crippen LogP contribution in [0.4, 0.5) is 5.69 Å². The van der Waals surface area contributed by atoms with Crippen LogP contribution in [0, 0.1) is 10.5 Å². The fourth-order valence-electron chi connectivity index (χ4n) is 2.15. The number of amides is 1. The van der Waals surface area contributed by atoms with Gasteiger partial charge in [0.25, 0.3) is 5.91 Å². The lowest BCUT2D eigenvalue weighted by Gasteiger charge is -2.14. The Hall–Kier alpha value is -1.57. The van der Waals surface area contributed by atoms with Gasteiger partial charge in [-0.3, -0.25) is 9.48 Å². The number of hydrogen-bond donors (Lipinski definition) is 2. The van der Waals surface area contributed by atoms with Crippen molar-refractivity contribution < 1.29 is 9.90 Å². The van der Waals surface area contributed by atoms with Crippen molar-refractivity contribution in [1.29, 1.82) is 0 Å². The lowest BCUT2D eigenvalue weighted by molar-refractivity contribution is 0.101. The largest absolute Gasteiger partial charge is 0.508 e. The molecule has 0 fully saturated rings. The number of aryl methyl sites for hydroxylation is 2. The highest BCUT2D eigenvalue weighted by atomic mass is 127. The number of benzene rings is 1. The van der Waals surface area contributed by atoms with Gasteiger partial charge in [0.15, 0.2) is 0 Å². The highest BCUT2D eigenvalue weighted by Gasteiger charge is 2.17. The summed E-state index contributed by atoms with van der Waals surface area (Å²) in [6, 6.07) is 3.51. The molecule has 1 aromatic carbocycles. The Bertz CT molecular complexity index is 673. The summed E-state index contributed by atoms with van der Waals surface area (Å²) in [5.74, 6) is 0.233. The van der Waals surface area contributed by atoms with E-state index >= 15 is 0 Å². The second-order valence-electron chi connectivity index (χ2n) is 5.30. The molecule has 2 N–H and O–H groups in total. The monoisotopic (exact) mass is 399 g/mol. The van der Waals surface area contributed by atoms with Crippen LogP contribution >= 0.6 is 22.6 Å². The zero-order valence-electron chi connectivity index (χ0n) is 12.4. The fourth-order valence-corrected chi connectivity index (χ4v) is 2.87. The molecule has 0 aliphatic heterocycles. The van der Waals surface area contributed by atoms with Crippen LogP contribution in [0.5, 0.6) is 5.75 Å². The van der Waals surface area contributed by atoms with Gasteiger partial charge < -0.3 is 10.4 Å². The van der Waals surface area contributed by atoms with E-state index < -0.39 is 0 Å². The molecule has 0 spiro atoms. The maximum atomic E-state index is 12.4. The number of carbonyl (C=O) groups excluding carboxylic acids is 1. The Morgan fingerprint density at radius 2 is 2.10 bits per heavy atom. The van der Waals surface area contributed by atoms with Gasteiger partial charge in [0.2, 0.25) is 0 Å². The maximum Gasteiger partial charge on any atom is 0.275 e. The standard InChI is InChI=1S/C15H18IN3O2/c1-8(2)10-6-12(9(3)5-13(10)20)18-15(21)14-11(16)7-17-19(14)4/h5-8,20H,1-4H3,(H,18,21). The summed E-state index contributed by atoms with van der Waals surface area (Å²) in [4.78, 5) is 12.4. The maximum absolute atomic E-state index is 12.4. The normalized spacial score (nSPS) is 11.0. The third kappa shape index (κ3) is 3.20. The summed E-state index contributed by atoms with van der Waals surface area (Å²) in [6.45, 7) is 5.85. The van der Waals surface area contributed by atoms with Gasteiger partial charge in [-0.25, -0.2) is 0 Å². The Labute approximate surface area is 137 Å². The molecular formula is C15H18IN3O2. The third-order valence-electron chi connectivity index (χ3n) is 3.35. The van der Waals surface area contributed by atoms with Gasteiger partial charge in [0.05, 0.1) is 9.77 Å². The van der Waals surface area contributed by atoms with Crippen molar-refractivity contribution in [3.8, 4) is 5.75 Å². The van der Waals surface area contributed by atoms with Crippen LogP contribution in [0.2, 0.25) is 0 Å². The van der Waals surface area contributed by atoms with Gasteiger partial charge in [-0.1, -0.05) is 13.8 Å². The summed E-state index contributed by atoms with van der Waals surface area (Å²) in [5, 5.41) is 16.9. The van der Waals surface area contributed by atoms with Crippen LogP contribution < -0.4 is 5.32 Å². The molecule has 112 valence electrons. The van der Waals surface area contributed by atoms with Crippen LogP contribution in [-0.4, -0.2) is 20.8 Å². The van der Waals surface area contributed by atoms with Crippen molar-refractivity contribution in [2.75, 3.05) is 5.32 Å². The number of aromatic hydroxyl groups is 1. The number of phenols is 1. The first-order valence-electron chi connectivity index (χ1n) is 6.63. The minimum atomic E-state index is -0.206. The molecule has 21 heavy (non-hydrogen) atoms. The smallest absolute Gasteiger partial charge is 0.275 e. The zero-order valence-corrected chi connectivity index (χ0v) is 14.6. The predicted molar refractivity (Wildman–Crippen MR) is 90.8 cm³/mol. The van der Waals surface area contributed by atoms with Crippen molar-refractivity contribution in [3.05, 3.63) is 38.7 Å². The van der Waals surface area contributed by atoms with Gasteiger partial charge in [0.1, 0.15) is 11.4 Å². The zero-order chi connectivity index (χ0) is 15.7. The van der Waals surface area contributed by atoms with Crippen LogP contribution in [0.1, 0.15) is 41.4 Å². The number of anilines is 1. The molecule has 0 saturated carbocycles. The third-order valence-corrected chi connectivity index (χ3v) is 4.14. The van der Waals surface area contributed by atoms with E-state index in [1.807, 2.05) is 26.8 Å². The Morgan fingerprint density at radius 1 is 1.43 bits per heavy atom. The van der Waals surface area contributed by atoms with Crippen molar-refractivity contribution in [3.63, 3.8) is 0 Å². The van der Waals surface area contributed by atoms with Gasteiger partial charge in [-0.15, -0.1) is 0 Å². The molecule has 0 bridgehead atoms. The lowest BCUT2D eigenvalue weighted by Crippen LogP contribution is -2.18. The molecule has 0 aliphatic carbocycles. The molecule has 1 amide bonds. The molecule has 5 nitrogen and oxygen atoms in total. The second kappa shape index (κ2) is 6.05. The summed E-state index contributed by atoms with van der Waals surface area (Å²) < 4.78 is 2.35. The van der Waals surface area contributed by atoms with Crippen molar-refractivity contribution in [2.45, 2.75) is 26.7 Å². The van der Waals surface area contributed by atoms with E-state index in [0.29, 0.717) is 11.4 Å². The summed E-state index contributed by atoms with van der Waals surface area (Å²) in [5.41, 5.74) is 2.87. The van der Waals surface area contributed by atoms with Gasteiger partial charge >= 0.3 is 0 Å². The number of halogens is 1. The van der Waals surface area contributed by atoms with E-state index in [-0.39, 0.29) is 17.6 Å². The molecule has 0 radical (unpaired) electrons. The number of hydrogen-bond acceptors (Lipinski definition) is 3. The molecule has 0 unspecified atom stereocenters. The minimum Gasteiger partial charge on any atom is -0.508 e. The molecule has 2 aromatic rings. The van der Waals surface area contributed by atoms with Gasteiger partial charge in [-0.2, -0.15) is 5.10 Å². The number of carbonyl (C=O) groups is 1. The molecular weight excluding hydrogens is 381 g/mol. The molecule has 0 saturated heterocycles.